The molecule has 0 saturated carbocycles. The van der Waals surface area contributed by atoms with E-state index in [0.29, 0.717) is 4.90 Å². The first-order valence-electron chi connectivity index (χ1n) is 5.28. The van der Waals surface area contributed by atoms with Gasteiger partial charge in [-0.2, -0.15) is 0 Å². The van der Waals surface area contributed by atoms with E-state index in [4.69, 9.17) is 5.84 Å². The number of benzene rings is 1. The van der Waals surface area contributed by atoms with E-state index in [1.54, 1.807) is 17.1 Å². The van der Waals surface area contributed by atoms with Gasteiger partial charge >= 0.3 is 0 Å². The Bertz CT molecular complexity index is 497. The Kier molecular flexibility index (Phi) is 3.01. The van der Waals surface area contributed by atoms with Gasteiger partial charge in [-0.25, -0.2) is 13.4 Å². The Hall–Kier alpha value is -0.910. The number of fused-ring (bicyclic) bond motifs is 1. The van der Waals surface area contributed by atoms with Gasteiger partial charge in [0, 0.05) is 19.3 Å². The third kappa shape index (κ3) is 2.42. The zero-order chi connectivity index (χ0) is 11.8. The van der Waals surface area contributed by atoms with Gasteiger partial charge in [-0.3, -0.25) is 5.84 Å². The molecule has 1 heterocycles. The minimum atomic E-state index is -3.11. The molecule has 1 aliphatic rings. The van der Waals surface area contributed by atoms with Gasteiger partial charge in [0.25, 0.3) is 0 Å². The van der Waals surface area contributed by atoms with E-state index in [-0.39, 0.29) is 0 Å². The van der Waals surface area contributed by atoms with Crippen LogP contribution in [0, 0.1) is 0 Å². The van der Waals surface area contributed by atoms with Crippen molar-refractivity contribution >= 4 is 9.84 Å². The van der Waals surface area contributed by atoms with Crippen LogP contribution in [-0.2, 0) is 22.7 Å². The number of sulfone groups is 1. The standard InChI is InChI=1S/C11H16N2O2S/c1-16(14,15)11-3-2-9-4-6-13(12)7-5-10(9)8-11/h2-3,8H,4-7,12H2,1H3. The van der Waals surface area contributed by atoms with Crippen LogP contribution in [0.1, 0.15) is 11.1 Å². The number of nitrogens with zero attached hydrogens (tertiary/aromatic N) is 1. The lowest BCUT2D eigenvalue weighted by molar-refractivity contribution is 0.298. The molecular formula is C11H16N2O2S. The highest BCUT2D eigenvalue weighted by molar-refractivity contribution is 7.90. The lowest BCUT2D eigenvalue weighted by Gasteiger charge is -2.10. The first-order chi connectivity index (χ1) is 7.47. The van der Waals surface area contributed by atoms with Crippen molar-refractivity contribution in [2.45, 2.75) is 17.7 Å². The second-order valence-corrected chi connectivity index (χ2v) is 6.25. The molecule has 0 aromatic heterocycles. The quantitative estimate of drug-likeness (QED) is 0.720. The molecule has 5 heteroatoms. The van der Waals surface area contributed by atoms with Crippen LogP contribution in [0.5, 0.6) is 0 Å². The van der Waals surface area contributed by atoms with E-state index in [1.165, 1.54) is 11.8 Å². The molecule has 0 radical (unpaired) electrons. The summed E-state index contributed by atoms with van der Waals surface area (Å²) in [5.74, 6) is 5.75. The van der Waals surface area contributed by atoms with Crippen LogP contribution >= 0.6 is 0 Å². The largest absolute Gasteiger partial charge is 0.269 e. The highest BCUT2D eigenvalue weighted by Crippen LogP contribution is 2.19. The Morgan fingerprint density at radius 2 is 1.81 bits per heavy atom. The molecule has 2 rings (SSSR count). The molecule has 4 nitrogen and oxygen atoms in total. The summed E-state index contributed by atoms with van der Waals surface area (Å²) in [6, 6.07) is 5.37. The SMILES string of the molecule is CS(=O)(=O)c1ccc2c(c1)CCN(N)CC2. The van der Waals surface area contributed by atoms with Gasteiger partial charge in [0.05, 0.1) is 4.90 Å². The lowest BCUT2D eigenvalue weighted by atomic mass is 10.0. The normalized spacial score (nSPS) is 17.9. The van der Waals surface area contributed by atoms with Crippen molar-refractivity contribution in [2.24, 2.45) is 5.84 Å². The predicted molar refractivity (Wildman–Crippen MR) is 62.7 cm³/mol. The molecule has 0 spiro atoms. The van der Waals surface area contributed by atoms with Crippen molar-refractivity contribution < 1.29 is 8.42 Å². The number of rotatable bonds is 1. The monoisotopic (exact) mass is 240 g/mol. The van der Waals surface area contributed by atoms with E-state index >= 15 is 0 Å². The van der Waals surface area contributed by atoms with E-state index in [9.17, 15) is 8.42 Å². The third-order valence-corrected chi connectivity index (χ3v) is 4.05. The summed E-state index contributed by atoms with van der Waals surface area (Å²) in [4.78, 5) is 0.400. The Morgan fingerprint density at radius 1 is 1.19 bits per heavy atom. The second kappa shape index (κ2) is 4.16. The summed E-state index contributed by atoms with van der Waals surface area (Å²) in [7, 11) is -3.11. The summed E-state index contributed by atoms with van der Waals surface area (Å²) < 4.78 is 22.9. The van der Waals surface area contributed by atoms with Crippen LogP contribution in [0.25, 0.3) is 0 Å². The van der Waals surface area contributed by atoms with Crippen LogP contribution in [0.3, 0.4) is 0 Å². The van der Waals surface area contributed by atoms with Gasteiger partial charge < -0.3 is 0 Å². The van der Waals surface area contributed by atoms with Gasteiger partial charge in [-0.15, -0.1) is 0 Å². The van der Waals surface area contributed by atoms with Crippen LogP contribution in [0.15, 0.2) is 23.1 Å². The van der Waals surface area contributed by atoms with Crippen molar-refractivity contribution in [2.75, 3.05) is 19.3 Å². The summed E-state index contributed by atoms with van der Waals surface area (Å²) in [5, 5.41) is 1.78. The maximum absolute atomic E-state index is 11.4. The van der Waals surface area contributed by atoms with Crippen LogP contribution in [-0.4, -0.2) is 32.8 Å². The van der Waals surface area contributed by atoms with Gasteiger partial charge in [0.2, 0.25) is 0 Å². The number of hydrogen-bond donors (Lipinski definition) is 1. The topological polar surface area (TPSA) is 63.4 Å². The van der Waals surface area contributed by atoms with Crippen LogP contribution < -0.4 is 5.84 Å². The smallest absolute Gasteiger partial charge is 0.175 e. The molecule has 0 unspecified atom stereocenters. The number of hydrazine groups is 1. The lowest BCUT2D eigenvalue weighted by Crippen LogP contribution is -2.33. The van der Waals surface area contributed by atoms with Gasteiger partial charge in [0.15, 0.2) is 9.84 Å². The minimum absolute atomic E-state index is 0.400. The fourth-order valence-electron chi connectivity index (χ4n) is 1.95. The fourth-order valence-corrected chi connectivity index (χ4v) is 2.62. The van der Waals surface area contributed by atoms with Crippen molar-refractivity contribution in [1.82, 2.24) is 5.01 Å². The van der Waals surface area contributed by atoms with Crippen molar-refractivity contribution in [3.8, 4) is 0 Å². The number of nitrogens with two attached hydrogens (primary N) is 1. The average molecular weight is 240 g/mol. The zero-order valence-electron chi connectivity index (χ0n) is 9.31. The highest BCUT2D eigenvalue weighted by atomic mass is 32.2. The average Bonchev–Trinajstić information content (AvgIpc) is 2.39. The first kappa shape index (κ1) is 11.6. The molecule has 0 saturated heterocycles. The highest BCUT2D eigenvalue weighted by Gasteiger charge is 2.14. The van der Waals surface area contributed by atoms with Gasteiger partial charge in [-0.05, 0) is 36.1 Å². The summed E-state index contributed by atoms with van der Waals surface area (Å²) in [5.41, 5.74) is 2.32. The third-order valence-electron chi connectivity index (χ3n) is 2.94. The number of hydrogen-bond acceptors (Lipinski definition) is 4. The van der Waals surface area contributed by atoms with Crippen molar-refractivity contribution in [1.29, 1.82) is 0 Å². The molecule has 88 valence electrons. The van der Waals surface area contributed by atoms with E-state index in [2.05, 4.69) is 0 Å². The van der Waals surface area contributed by atoms with Gasteiger partial charge in [0.1, 0.15) is 0 Å². The molecule has 0 aliphatic carbocycles. The Labute approximate surface area is 95.9 Å². The maximum atomic E-state index is 11.4. The van der Waals surface area contributed by atoms with E-state index in [1.807, 2.05) is 6.07 Å². The van der Waals surface area contributed by atoms with E-state index in [0.717, 1.165) is 31.5 Å². The van der Waals surface area contributed by atoms with Crippen molar-refractivity contribution in [3.05, 3.63) is 29.3 Å². The maximum Gasteiger partial charge on any atom is 0.175 e. The molecule has 1 aromatic rings. The second-order valence-electron chi connectivity index (χ2n) is 4.24. The molecule has 0 atom stereocenters. The summed E-state index contributed by atoms with van der Waals surface area (Å²) in [6.07, 6.45) is 2.94. The summed E-state index contributed by atoms with van der Waals surface area (Å²) in [6.45, 7) is 1.60. The fraction of sp³-hybridized carbons (Fsp3) is 0.455. The molecular weight excluding hydrogens is 224 g/mol. The van der Waals surface area contributed by atoms with Crippen LogP contribution in [0.4, 0.5) is 0 Å². The van der Waals surface area contributed by atoms with Crippen molar-refractivity contribution in [3.63, 3.8) is 0 Å². The molecule has 0 fully saturated rings. The Morgan fingerprint density at radius 3 is 2.44 bits per heavy atom. The molecule has 1 aliphatic heterocycles. The van der Waals surface area contributed by atoms with E-state index < -0.39 is 9.84 Å². The molecule has 1 aromatic carbocycles. The molecule has 16 heavy (non-hydrogen) atoms. The summed E-state index contributed by atoms with van der Waals surface area (Å²) >= 11 is 0. The molecule has 2 N–H and O–H groups in total. The van der Waals surface area contributed by atoms with Gasteiger partial charge in [-0.1, -0.05) is 6.07 Å². The molecule has 0 amide bonds. The zero-order valence-corrected chi connectivity index (χ0v) is 10.1. The minimum Gasteiger partial charge on any atom is -0.269 e. The Balaban J connectivity index is 2.40. The van der Waals surface area contributed by atoms with Crippen LogP contribution in [0.2, 0.25) is 0 Å². The predicted octanol–water partition coefficient (Wildman–Crippen LogP) is 0.364. The molecule has 0 bridgehead atoms. The first-order valence-corrected chi connectivity index (χ1v) is 7.17.